The zero-order valence-corrected chi connectivity index (χ0v) is 8.15. The van der Waals surface area contributed by atoms with E-state index in [0.717, 1.165) is 0 Å². The minimum Gasteiger partial charge on any atom is -0.356 e. The summed E-state index contributed by atoms with van der Waals surface area (Å²) < 4.78 is 0. The Bertz CT molecular complexity index is 159. The molecule has 0 aliphatic rings. The second kappa shape index (κ2) is 23.3. The van der Waals surface area contributed by atoms with Gasteiger partial charge in [-0.25, -0.2) is 0 Å². The summed E-state index contributed by atoms with van der Waals surface area (Å²) in [7, 11) is 0. The average molecular weight is 304 g/mol. The first-order chi connectivity index (χ1) is 6.93. The van der Waals surface area contributed by atoms with Gasteiger partial charge in [-0.05, 0) is 0 Å². The van der Waals surface area contributed by atoms with Gasteiger partial charge in [0.1, 0.15) is 0 Å². The summed E-state index contributed by atoms with van der Waals surface area (Å²) in [5.74, 6) is 0. The summed E-state index contributed by atoms with van der Waals surface area (Å²) in [5, 5.41) is 59.0. The molecule has 0 saturated heterocycles. The first-order valence-electron chi connectivity index (χ1n) is 2.19. The van der Waals surface area contributed by atoms with Crippen LogP contribution in [-0.4, -0.2) is 20.3 Å². The third-order valence-electron chi connectivity index (χ3n) is 0. The van der Waals surface area contributed by atoms with E-state index in [1.165, 1.54) is 0 Å². The normalized spacial score (nSPS) is 5.65. The number of hydrogen-bond acceptors (Lipinski definition) is 12. The minimum absolute atomic E-state index is 0. The Morgan fingerprint density at radius 1 is 0.412 bits per heavy atom. The van der Waals surface area contributed by atoms with Gasteiger partial charge in [0.2, 0.25) is 0 Å². The second-order valence-electron chi connectivity index (χ2n) is 0.894. The summed E-state index contributed by atoms with van der Waals surface area (Å²) in [6, 6.07) is 0. The van der Waals surface area contributed by atoms with Crippen molar-refractivity contribution in [2.45, 2.75) is 0 Å². The van der Waals surface area contributed by atoms with E-state index in [1.54, 1.807) is 0 Å². The van der Waals surface area contributed by atoms with Crippen LogP contribution in [0.15, 0.2) is 0 Å². The molecule has 0 N–H and O–H groups in total. The van der Waals surface area contributed by atoms with E-state index in [1.807, 2.05) is 0 Å². The van der Waals surface area contributed by atoms with Crippen molar-refractivity contribution in [1.29, 1.82) is 0 Å². The average Bonchev–Trinajstić information content (AvgIpc) is 1.76. The van der Waals surface area contributed by atoms with Gasteiger partial charge in [-0.15, -0.1) is 0 Å². The van der Waals surface area contributed by atoms with E-state index in [2.05, 4.69) is 0 Å². The molecule has 0 saturated carbocycles. The van der Waals surface area contributed by atoms with Gasteiger partial charge >= 0.3 is 17.1 Å². The summed E-state index contributed by atoms with van der Waals surface area (Å²) in [4.78, 5) is 33.0. The molecular formula is FeN4O12. The second-order valence-corrected chi connectivity index (χ2v) is 0.894. The maximum atomic E-state index is 8.25. The van der Waals surface area contributed by atoms with Crippen LogP contribution in [-0.2, 0) is 17.1 Å². The Balaban J connectivity index is -0.0000000369. The molecule has 0 bridgehead atoms. The molecular weight excluding hydrogens is 304 g/mol. The Morgan fingerprint density at radius 2 is 0.412 bits per heavy atom. The predicted octanol–water partition coefficient (Wildman–Crippen LogP) is -0.959. The van der Waals surface area contributed by atoms with Gasteiger partial charge < -0.3 is 61.3 Å². The third kappa shape index (κ3) is 238. The van der Waals surface area contributed by atoms with Gasteiger partial charge in [0, 0.05) is 0 Å². The third-order valence-corrected chi connectivity index (χ3v) is 0. The Kier molecular flexibility index (Phi) is 40.0. The molecule has 0 radical (unpaired) electrons. The Labute approximate surface area is 99.6 Å². The van der Waals surface area contributed by atoms with Crippen molar-refractivity contribution >= 4 is 0 Å². The van der Waals surface area contributed by atoms with Crippen LogP contribution >= 0.6 is 0 Å². The SMILES string of the molecule is O=[N+]([O-])[O-].O=[N+]([O-])[O-].O=[N+]([O-])[O-].O=[N+]([O-])[O-].[Fe+4]. The zero-order chi connectivity index (χ0) is 14.3. The summed E-state index contributed by atoms with van der Waals surface area (Å²) >= 11 is 0. The first kappa shape index (κ1) is 29.2. The molecule has 100 valence electrons. The molecule has 0 aromatic rings. The van der Waals surface area contributed by atoms with Gasteiger partial charge in [0.05, 0.1) is 20.3 Å². The van der Waals surface area contributed by atoms with Crippen LogP contribution in [0, 0.1) is 61.3 Å². The minimum atomic E-state index is -1.75. The quantitative estimate of drug-likeness (QED) is 0.297. The number of hydrogen-bond donors (Lipinski definition) is 0. The molecule has 0 fully saturated rings. The van der Waals surface area contributed by atoms with Crippen molar-refractivity contribution in [2.75, 3.05) is 0 Å². The van der Waals surface area contributed by atoms with Crippen LogP contribution in [0.5, 0.6) is 0 Å². The molecule has 0 aliphatic heterocycles. The Hall–Kier alpha value is -2.68. The number of rotatable bonds is 0. The van der Waals surface area contributed by atoms with E-state index < -0.39 is 20.3 Å². The van der Waals surface area contributed by atoms with E-state index in [9.17, 15) is 0 Å². The molecule has 0 aromatic heterocycles. The Morgan fingerprint density at radius 3 is 0.412 bits per heavy atom. The molecule has 0 rings (SSSR count). The number of nitrogens with zero attached hydrogens (tertiary/aromatic N) is 4. The maximum absolute atomic E-state index is 8.25. The topological polar surface area (TPSA) is 265 Å². The van der Waals surface area contributed by atoms with Crippen molar-refractivity contribution in [2.24, 2.45) is 0 Å². The summed E-state index contributed by atoms with van der Waals surface area (Å²) in [6.45, 7) is 0. The van der Waals surface area contributed by atoms with Crippen LogP contribution in [0.25, 0.3) is 0 Å². The fourth-order valence-corrected chi connectivity index (χ4v) is 0. The van der Waals surface area contributed by atoms with Crippen LogP contribution in [0.3, 0.4) is 0 Å². The molecule has 0 heterocycles. The fourth-order valence-electron chi connectivity index (χ4n) is 0. The van der Waals surface area contributed by atoms with Crippen molar-refractivity contribution in [3.63, 3.8) is 0 Å². The van der Waals surface area contributed by atoms with E-state index >= 15 is 0 Å². The molecule has 0 atom stereocenters. The maximum Gasteiger partial charge on any atom is 4.00 e. The van der Waals surface area contributed by atoms with Gasteiger partial charge in [-0.3, -0.25) is 0 Å². The van der Waals surface area contributed by atoms with Crippen LogP contribution < -0.4 is 0 Å². The molecule has 0 amide bonds. The smallest absolute Gasteiger partial charge is 0.356 e. The van der Waals surface area contributed by atoms with Crippen LogP contribution in [0.2, 0.25) is 0 Å². The predicted molar refractivity (Wildman–Crippen MR) is 41.4 cm³/mol. The van der Waals surface area contributed by atoms with Crippen molar-refractivity contribution in [3.05, 3.63) is 61.3 Å². The zero-order valence-electron chi connectivity index (χ0n) is 7.04. The first-order valence-corrected chi connectivity index (χ1v) is 2.19. The van der Waals surface area contributed by atoms with Gasteiger partial charge in [-0.1, -0.05) is 0 Å². The summed E-state index contributed by atoms with van der Waals surface area (Å²) in [5.41, 5.74) is 0. The van der Waals surface area contributed by atoms with Gasteiger partial charge in [0.25, 0.3) is 0 Å². The van der Waals surface area contributed by atoms with Crippen LogP contribution in [0.1, 0.15) is 0 Å². The molecule has 17 heavy (non-hydrogen) atoms. The van der Waals surface area contributed by atoms with Gasteiger partial charge in [-0.2, -0.15) is 0 Å². The summed E-state index contributed by atoms with van der Waals surface area (Å²) in [6.07, 6.45) is 0. The van der Waals surface area contributed by atoms with E-state index in [4.69, 9.17) is 61.3 Å². The standard InChI is InChI=1S/Fe.4NO3/c;4*2-1(3)4/q+4;4*-1. The largest absolute Gasteiger partial charge is 4.00 e. The fraction of sp³-hybridized carbons (Fsp3) is 0. The van der Waals surface area contributed by atoms with Crippen LogP contribution in [0.4, 0.5) is 0 Å². The molecule has 0 spiro atoms. The monoisotopic (exact) mass is 304 g/mol. The van der Waals surface area contributed by atoms with Gasteiger partial charge in [0.15, 0.2) is 0 Å². The molecule has 17 heteroatoms. The van der Waals surface area contributed by atoms with E-state index in [-0.39, 0.29) is 17.1 Å². The van der Waals surface area contributed by atoms with E-state index in [0.29, 0.717) is 0 Å². The molecule has 16 nitrogen and oxygen atoms in total. The molecule has 0 aliphatic carbocycles. The molecule has 0 unspecified atom stereocenters. The van der Waals surface area contributed by atoms with Crippen molar-refractivity contribution in [3.8, 4) is 0 Å². The van der Waals surface area contributed by atoms with Crippen molar-refractivity contribution < 1.29 is 37.4 Å². The van der Waals surface area contributed by atoms with Crippen molar-refractivity contribution in [1.82, 2.24) is 0 Å². The molecule has 0 aromatic carbocycles.